The largest absolute Gasteiger partial charge is 0.483 e. The lowest BCUT2D eigenvalue weighted by atomic mass is 10.1. The first-order chi connectivity index (χ1) is 14.4. The van der Waals surface area contributed by atoms with E-state index in [0.717, 1.165) is 28.6 Å². The number of amides is 1. The van der Waals surface area contributed by atoms with Crippen LogP contribution in [0.1, 0.15) is 11.1 Å². The van der Waals surface area contributed by atoms with E-state index in [1.165, 1.54) is 4.31 Å². The molecule has 0 atom stereocenters. The van der Waals surface area contributed by atoms with Gasteiger partial charge in [0.2, 0.25) is 10.0 Å². The third kappa shape index (κ3) is 3.90. The number of carbonyl (C=O) groups excluding carboxylic acids is 1. The first-order valence-corrected chi connectivity index (χ1v) is 11.7. The van der Waals surface area contributed by atoms with Crippen molar-refractivity contribution in [3.05, 3.63) is 47.5 Å². The average molecular weight is 447 g/mol. The summed E-state index contributed by atoms with van der Waals surface area (Å²) in [6.45, 7) is 4.90. The predicted molar refractivity (Wildman–Crippen MR) is 114 cm³/mol. The van der Waals surface area contributed by atoms with E-state index in [4.69, 9.17) is 4.74 Å². The predicted octanol–water partition coefficient (Wildman–Crippen LogP) is 2.22. The third-order valence-corrected chi connectivity index (χ3v) is 7.68. The number of hydrogen-bond acceptors (Lipinski definition) is 7. The van der Waals surface area contributed by atoms with Gasteiger partial charge in [0.25, 0.3) is 5.91 Å². The summed E-state index contributed by atoms with van der Waals surface area (Å²) < 4.78 is 41.6. The second kappa shape index (κ2) is 8.29. The fourth-order valence-electron chi connectivity index (χ4n) is 3.56. The zero-order chi connectivity index (χ0) is 21.3. The Hall–Kier alpha value is -2.56. The van der Waals surface area contributed by atoms with E-state index in [-0.39, 0.29) is 30.5 Å². The number of para-hydroxylation sites is 1. The van der Waals surface area contributed by atoms with Crippen LogP contribution in [0.25, 0.3) is 11.0 Å². The normalized spacial score (nSPS) is 15.5. The molecule has 0 aliphatic carbocycles. The van der Waals surface area contributed by atoms with Crippen molar-refractivity contribution < 1.29 is 17.9 Å². The zero-order valence-electron chi connectivity index (χ0n) is 16.7. The molecule has 2 aromatic carbocycles. The Morgan fingerprint density at radius 3 is 2.40 bits per heavy atom. The number of piperazine rings is 1. The number of nitrogens with zero attached hydrogens (tertiary/aromatic N) is 4. The fraction of sp³-hybridized carbons (Fsp3) is 0.350. The maximum absolute atomic E-state index is 13.1. The Labute approximate surface area is 179 Å². The minimum atomic E-state index is -3.71. The molecule has 158 valence electrons. The van der Waals surface area contributed by atoms with E-state index in [1.54, 1.807) is 23.1 Å². The first kappa shape index (κ1) is 20.7. The molecule has 0 saturated carbocycles. The highest BCUT2D eigenvalue weighted by Crippen LogP contribution is 2.25. The molecular formula is C20H22N4O4S2. The highest BCUT2D eigenvalue weighted by Gasteiger charge is 2.32. The summed E-state index contributed by atoms with van der Waals surface area (Å²) in [6.07, 6.45) is 0. The lowest BCUT2D eigenvalue weighted by Gasteiger charge is -2.34. The van der Waals surface area contributed by atoms with Crippen molar-refractivity contribution in [3.63, 3.8) is 0 Å². The second-order valence-electron chi connectivity index (χ2n) is 7.18. The van der Waals surface area contributed by atoms with Gasteiger partial charge in [-0.15, -0.1) is 0 Å². The lowest BCUT2D eigenvalue weighted by Crippen LogP contribution is -2.51. The Kier molecular flexibility index (Phi) is 5.72. The SMILES string of the molecule is Cc1cccc(C)c1OCC(=O)N1CCN(S(=O)(=O)c2cccc3nsnc23)CC1. The van der Waals surface area contributed by atoms with Crippen LogP contribution in [0.15, 0.2) is 41.3 Å². The van der Waals surface area contributed by atoms with Crippen LogP contribution in [0.3, 0.4) is 0 Å². The van der Waals surface area contributed by atoms with Gasteiger partial charge in [-0.05, 0) is 37.1 Å². The van der Waals surface area contributed by atoms with Crippen molar-refractivity contribution in [1.82, 2.24) is 18.0 Å². The van der Waals surface area contributed by atoms with E-state index in [0.29, 0.717) is 24.1 Å². The number of carbonyl (C=O) groups is 1. The van der Waals surface area contributed by atoms with Gasteiger partial charge in [-0.25, -0.2) is 8.42 Å². The van der Waals surface area contributed by atoms with E-state index >= 15 is 0 Å². The first-order valence-electron chi connectivity index (χ1n) is 9.56. The van der Waals surface area contributed by atoms with Gasteiger partial charge in [0.1, 0.15) is 21.7 Å². The maximum Gasteiger partial charge on any atom is 0.260 e. The summed E-state index contributed by atoms with van der Waals surface area (Å²) >= 11 is 0.990. The number of ether oxygens (including phenoxy) is 1. The molecule has 0 unspecified atom stereocenters. The van der Waals surface area contributed by atoms with Crippen molar-refractivity contribution in [2.24, 2.45) is 0 Å². The monoisotopic (exact) mass is 446 g/mol. The van der Waals surface area contributed by atoms with Crippen molar-refractivity contribution >= 4 is 38.7 Å². The van der Waals surface area contributed by atoms with Gasteiger partial charge < -0.3 is 9.64 Å². The second-order valence-corrected chi connectivity index (χ2v) is 9.62. The van der Waals surface area contributed by atoms with Crippen molar-refractivity contribution in [3.8, 4) is 5.75 Å². The molecule has 1 amide bonds. The van der Waals surface area contributed by atoms with Crippen LogP contribution < -0.4 is 4.74 Å². The van der Waals surface area contributed by atoms with Crippen LogP contribution in [0.5, 0.6) is 5.75 Å². The standard InChI is InChI=1S/C20H22N4O4S2/c1-14-5-3-6-15(2)20(14)28-13-18(25)23-9-11-24(12-10-23)30(26,27)17-8-4-7-16-19(17)22-29-21-16/h3-8H,9-13H2,1-2H3. The number of fused-ring (bicyclic) bond motifs is 1. The number of aromatic nitrogens is 2. The molecule has 1 aromatic heterocycles. The summed E-state index contributed by atoms with van der Waals surface area (Å²) in [5.41, 5.74) is 2.91. The van der Waals surface area contributed by atoms with Gasteiger partial charge in [0, 0.05) is 26.2 Å². The maximum atomic E-state index is 13.1. The van der Waals surface area contributed by atoms with Gasteiger partial charge in [-0.3, -0.25) is 4.79 Å². The molecule has 30 heavy (non-hydrogen) atoms. The summed E-state index contributed by atoms with van der Waals surface area (Å²) in [5.74, 6) is 0.567. The minimum Gasteiger partial charge on any atom is -0.483 e. The lowest BCUT2D eigenvalue weighted by molar-refractivity contribution is -0.134. The minimum absolute atomic E-state index is 0.0672. The number of benzene rings is 2. The van der Waals surface area contributed by atoms with Gasteiger partial charge in [-0.1, -0.05) is 24.3 Å². The van der Waals surface area contributed by atoms with Crippen LogP contribution in [0.4, 0.5) is 0 Å². The third-order valence-electron chi connectivity index (χ3n) is 5.21. The summed E-state index contributed by atoms with van der Waals surface area (Å²) in [5, 5.41) is 0. The number of hydrogen-bond donors (Lipinski definition) is 0. The summed E-state index contributed by atoms with van der Waals surface area (Å²) in [4.78, 5) is 14.4. The molecule has 8 nitrogen and oxygen atoms in total. The average Bonchev–Trinajstić information content (AvgIpc) is 3.22. The van der Waals surface area contributed by atoms with Gasteiger partial charge >= 0.3 is 0 Å². The van der Waals surface area contributed by atoms with Crippen LogP contribution in [-0.4, -0.2) is 65.1 Å². The number of rotatable bonds is 5. The highest BCUT2D eigenvalue weighted by molar-refractivity contribution is 7.89. The molecule has 0 bridgehead atoms. The molecule has 1 fully saturated rings. The van der Waals surface area contributed by atoms with Crippen molar-refractivity contribution in [2.75, 3.05) is 32.8 Å². The molecule has 2 heterocycles. The summed E-state index contributed by atoms with van der Waals surface area (Å²) in [7, 11) is -3.71. The Morgan fingerprint density at radius 2 is 1.70 bits per heavy atom. The van der Waals surface area contributed by atoms with Crippen LogP contribution in [-0.2, 0) is 14.8 Å². The zero-order valence-corrected chi connectivity index (χ0v) is 18.4. The van der Waals surface area contributed by atoms with E-state index in [9.17, 15) is 13.2 Å². The van der Waals surface area contributed by atoms with Gasteiger partial charge in [0.15, 0.2) is 6.61 Å². The molecule has 0 N–H and O–H groups in total. The Morgan fingerprint density at radius 1 is 1.03 bits per heavy atom. The molecule has 4 rings (SSSR count). The number of sulfonamides is 1. The number of aryl methyl sites for hydroxylation is 2. The highest BCUT2D eigenvalue weighted by atomic mass is 32.2. The van der Waals surface area contributed by atoms with Crippen LogP contribution in [0.2, 0.25) is 0 Å². The van der Waals surface area contributed by atoms with Crippen LogP contribution in [0, 0.1) is 13.8 Å². The van der Waals surface area contributed by atoms with Crippen LogP contribution >= 0.6 is 11.7 Å². The quantitative estimate of drug-likeness (QED) is 0.597. The molecule has 1 aliphatic heterocycles. The molecular weight excluding hydrogens is 424 g/mol. The molecule has 3 aromatic rings. The molecule has 1 aliphatic rings. The molecule has 1 saturated heterocycles. The molecule has 10 heteroatoms. The van der Waals surface area contributed by atoms with E-state index < -0.39 is 10.0 Å². The fourth-order valence-corrected chi connectivity index (χ4v) is 5.73. The molecule has 0 radical (unpaired) electrons. The Balaban J connectivity index is 1.40. The smallest absolute Gasteiger partial charge is 0.260 e. The van der Waals surface area contributed by atoms with Gasteiger partial charge in [0.05, 0.1) is 11.7 Å². The summed E-state index contributed by atoms with van der Waals surface area (Å²) in [6, 6.07) is 10.8. The topological polar surface area (TPSA) is 92.7 Å². The van der Waals surface area contributed by atoms with Crippen molar-refractivity contribution in [2.45, 2.75) is 18.7 Å². The van der Waals surface area contributed by atoms with Gasteiger partial charge in [-0.2, -0.15) is 13.1 Å². The van der Waals surface area contributed by atoms with E-state index in [2.05, 4.69) is 8.75 Å². The molecule has 0 spiro atoms. The van der Waals surface area contributed by atoms with Crippen molar-refractivity contribution in [1.29, 1.82) is 0 Å². The Bertz CT molecular complexity index is 1160. The van der Waals surface area contributed by atoms with E-state index in [1.807, 2.05) is 32.0 Å².